The van der Waals surface area contributed by atoms with Gasteiger partial charge in [0.15, 0.2) is 5.60 Å². The van der Waals surface area contributed by atoms with Crippen LogP contribution in [0, 0.1) is 6.92 Å². The van der Waals surface area contributed by atoms with Gasteiger partial charge in [0.05, 0.1) is 5.75 Å². The van der Waals surface area contributed by atoms with Crippen LogP contribution in [0.2, 0.25) is 0 Å². The van der Waals surface area contributed by atoms with Gasteiger partial charge in [0.25, 0.3) is 0 Å². The second-order valence-corrected chi connectivity index (χ2v) is 6.37. The average molecular weight is 309 g/mol. The molecule has 21 heavy (non-hydrogen) atoms. The molecule has 114 valence electrons. The summed E-state index contributed by atoms with van der Waals surface area (Å²) >= 11 is 1.47. The van der Waals surface area contributed by atoms with E-state index in [4.69, 9.17) is 5.11 Å². The Labute approximate surface area is 128 Å². The number of rotatable bonds is 4. The molecule has 1 fully saturated rings. The van der Waals surface area contributed by atoms with Crippen molar-refractivity contribution < 1.29 is 19.8 Å². The third-order valence-corrected chi connectivity index (χ3v) is 4.72. The Morgan fingerprint density at radius 1 is 1.24 bits per heavy atom. The molecule has 1 amide bonds. The van der Waals surface area contributed by atoms with Crippen LogP contribution in [0.5, 0.6) is 0 Å². The number of nitrogens with zero attached hydrogens (tertiary/aromatic N) is 1. The van der Waals surface area contributed by atoms with Crippen LogP contribution in [0.1, 0.15) is 18.4 Å². The Balaban J connectivity index is 1.82. The van der Waals surface area contributed by atoms with E-state index in [0.717, 1.165) is 4.90 Å². The van der Waals surface area contributed by atoms with E-state index < -0.39 is 11.6 Å². The lowest BCUT2D eigenvalue weighted by Crippen LogP contribution is -2.51. The highest BCUT2D eigenvalue weighted by molar-refractivity contribution is 8.00. The Hall–Kier alpha value is -1.53. The van der Waals surface area contributed by atoms with Crippen LogP contribution in [-0.4, -0.2) is 51.4 Å². The number of hydrogen-bond acceptors (Lipinski definition) is 4. The lowest BCUT2D eigenvalue weighted by molar-refractivity contribution is -0.165. The molecule has 0 saturated carbocycles. The largest absolute Gasteiger partial charge is 0.479 e. The van der Waals surface area contributed by atoms with Gasteiger partial charge in [0.2, 0.25) is 5.91 Å². The summed E-state index contributed by atoms with van der Waals surface area (Å²) in [5, 5.41) is 18.8. The van der Waals surface area contributed by atoms with E-state index >= 15 is 0 Å². The highest BCUT2D eigenvalue weighted by Crippen LogP contribution is 2.24. The summed E-state index contributed by atoms with van der Waals surface area (Å²) in [6.45, 7) is 2.59. The van der Waals surface area contributed by atoms with Crippen molar-refractivity contribution in [2.24, 2.45) is 0 Å². The van der Waals surface area contributed by atoms with E-state index in [2.05, 4.69) is 0 Å². The lowest BCUT2D eigenvalue weighted by atomic mass is 9.92. The second-order valence-electron chi connectivity index (χ2n) is 5.32. The number of carbonyl (C=O) groups excluding carboxylic acids is 1. The molecular weight excluding hydrogens is 290 g/mol. The van der Waals surface area contributed by atoms with Gasteiger partial charge in [-0.15, -0.1) is 11.8 Å². The van der Waals surface area contributed by atoms with Gasteiger partial charge in [-0.25, -0.2) is 4.79 Å². The van der Waals surface area contributed by atoms with Gasteiger partial charge in [-0.3, -0.25) is 4.79 Å². The maximum Gasteiger partial charge on any atom is 0.335 e. The molecule has 1 saturated heterocycles. The highest BCUT2D eigenvalue weighted by Gasteiger charge is 2.40. The number of amides is 1. The molecular formula is C15H19NO4S. The maximum atomic E-state index is 12.1. The second kappa shape index (κ2) is 6.49. The minimum absolute atomic E-state index is 0.0204. The highest BCUT2D eigenvalue weighted by atomic mass is 32.2. The Morgan fingerprint density at radius 3 is 2.33 bits per heavy atom. The van der Waals surface area contributed by atoms with Crippen molar-refractivity contribution in [2.45, 2.75) is 30.3 Å². The molecule has 0 spiro atoms. The summed E-state index contributed by atoms with van der Waals surface area (Å²) in [7, 11) is 0. The molecule has 5 nitrogen and oxygen atoms in total. The quantitative estimate of drug-likeness (QED) is 0.825. The van der Waals surface area contributed by atoms with Crippen LogP contribution in [0.15, 0.2) is 29.2 Å². The van der Waals surface area contributed by atoms with Crippen molar-refractivity contribution in [2.75, 3.05) is 18.8 Å². The Morgan fingerprint density at radius 2 is 1.81 bits per heavy atom. The van der Waals surface area contributed by atoms with Crippen LogP contribution in [0.25, 0.3) is 0 Å². The minimum atomic E-state index is -1.68. The van der Waals surface area contributed by atoms with Gasteiger partial charge in [-0.1, -0.05) is 17.7 Å². The zero-order chi connectivity index (χ0) is 15.5. The molecule has 0 aromatic heterocycles. The van der Waals surface area contributed by atoms with Gasteiger partial charge >= 0.3 is 5.97 Å². The van der Waals surface area contributed by atoms with E-state index in [0.29, 0.717) is 5.75 Å². The predicted molar refractivity (Wildman–Crippen MR) is 80.3 cm³/mol. The smallest absolute Gasteiger partial charge is 0.335 e. The summed E-state index contributed by atoms with van der Waals surface area (Å²) in [4.78, 5) is 25.7. The molecule has 2 N–H and O–H groups in total. The summed E-state index contributed by atoms with van der Waals surface area (Å²) in [5.41, 5.74) is -0.504. The molecule has 0 bridgehead atoms. The summed E-state index contributed by atoms with van der Waals surface area (Å²) in [5.74, 6) is -0.897. The predicted octanol–water partition coefficient (Wildman–Crippen LogP) is 1.53. The minimum Gasteiger partial charge on any atom is -0.479 e. The zero-order valence-electron chi connectivity index (χ0n) is 11.9. The van der Waals surface area contributed by atoms with Crippen LogP contribution >= 0.6 is 11.8 Å². The fourth-order valence-corrected chi connectivity index (χ4v) is 3.01. The summed E-state index contributed by atoms with van der Waals surface area (Å²) in [6.07, 6.45) is 0.173. The lowest BCUT2D eigenvalue weighted by Gasteiger charge is -2.35. The van der Waals surface area contributed by atoms with Gasteiger partial charge in [-0.05, 0) is 19.1 Å². The molecule has 0 radical (unpaired) electrons. The molecule has 0 atom stereocenters. The molecule has 2 rings (SSSR count). The number of benzene rings is 1. The van der Waals surface area contributed by atoms with E-state index in [1.54, 1.807) is 4.90 Å². The van der Waals surface area contributed by atoms with Crippen molar-refractivity contribution in [1.82, 2.24) is 4.90 Å². The SMILES string of the molecule is Cc1ccc(SCC(=O)N2CCC(O)(C(=O)O)CC2)cc1. The van der Waals surface area contributed by atoms with Gasteiger partial charge < -0.3 is 15.1 Å². The monoisotopic (exact) mass is 309 g/mol. The fraction of sp³-hybridized carbons (Fsp3) is 0.467. The van der Waals surface area contributed by atoms with Crippen molar-refractivity contribution in [3.63, 3.8) is 0 Å². The van der Waals surface area contributed by atoms with Gasteiger partial charge in [-0.2, -0.15) is 0 Å². The average Bonchev–Trinajstić information content (AvgIpc) is 2.47. The van der Waals surface area contributed by atoms with Crippen LogP contribution < -0.4 is 0 Å². The van der Waals surface area contributed by atoms with E-state index in [1.165, 1.54) is 17.3 Å². The number of carboxylic acid groups (broad SMARTS) is 1. The molecule has 0 unspecified atom stereocenters. The number of hydrogen-bond donors (Lipinski definition) is 2. The zero-order valence-corrected chi connectivity index (χ0v) is 12.7. The normalized spacial score (nSPS) is 17.5. The van der Waals surface area contributed by atoms with E-state index in [1.807, 2.05) is 31.2 Å². The topological polar surface area (TPSA) is 77.8 Å². The molecule has 0 aliphatic carbocycles. The van der Waals surface area contributed by atoms with E-state index in [9.17, 15) is 14.7 Å². The molecule has 1 heterocycles. The number of likely N-dealkylation sites (tertiary alicyclic amines) is 1. The van der Waals surface area contributed by atoms with Crippen LogP contribution in [-0.2, 0) is 9.59 Å². The number of carboxylic acids is 1. The molecule has 1 aromatic rings. The standard InChI is InChI=1S/C15H19NO4S/c1-11-2-4-12(5-3-11)21-10-13(17)16-8-6-15(20,7-9-16)14(18)19/h2-5,20H,6-10H2,1H3,(H,18,19). The van der Waals surface area contributed by atoms with Crippen LogP contribution in [0.4, 0.5) is 0 Å². The summed E-state index contributed by atoms with van der Waals surface area (Å²) in [6, 6.07) is 7.96. The van der Waals surface area contributed by atoms with Crippen molar-refractivity contribution in [1.29, 1.82) is 0 Å². The Kier molecular flexibility index (Phi) is 4.90. The molecule has 1 aliphatic heterocycles. The van der Waals surface area contributed by atoms with Crippen molar-refractivity contribution >= 4 is 23.6 Å². The van der Waals surface area contributed by atoms with Crippen LogP contribution in [0.3, 0.4) is 0 Å². The third kappa shape index (κ3) is 3.98. The third-order valence-electron chi connectivity index (χ3n) is 3.72. The first-order valence-corrected chi connectivity index (χ1v) is 7.82. The molecule has 1 aromatic carbocycles. The number of aryl methyl sites for hydroxylation is 1. The van der Waals surface area contributed by atoms with E-state index in [-0.39, 0.29) is 31.8 Å². The molecule has 6 heteroatoms. The van der Waals surface area contributed by atoms with Crippen molar-refractivity contribution in [3.05, 3.63) is 29.8 Å². The first-order chi connectivity index (χ1) is 9.90. The summed E-state index contributed by atoms with van der Waals surface area (Å²) < 4.78 is 0. The maximum absolute atomic E-state index is 12.1. The molecule has 1 aliphatic rings. The Bertz CT molecular complexity index is 521. The van der Waals surface area contributed by atoms with Crippen molar-refractivity contribution in [3.8, 4) is 0 Å². The fourth-order valence-electron chi connectivity index (χ4n) is 2.21. The number of aliphatic hydroxyl groups is 1. The number of aliphatic carboxylic acids is 1. The van der Waals surface area contributed by atoms with Gasteiger partial charge in [0, 0.05) is 30.8 Å². The van der Waals surface area contributed by atoms with Gasteiger partial charge in [0.1, 0.15) is 0 Å². The number of piperidine rings is 1. The first kappa shape index (κ1) is 15.9. The first-order valence-electron chi connectivity index (χ1n) is 6.84. The number of carbonyl (C=O) groups is 2. The number of thioether (sulfide) groups is 1.